The molecule has 1 heterocycles. The molecule has 0 unspecified atom stereocenters. The molecule has 0 bridgehead atoms. The van der Waals surface area contributed by atoms with E-state index in [9.17, 15) is 14.0 Å². The number of carboxylic acid groups (broad SMARTS) is 1. The van der Waals surface area contributed by atoms with Crippen LogP contribution in [0.15, 0.2) is 24.4 Å². The van der Waals surface area contributed by atoms with Crippen LogP contribution in [0.2, 0.25) is 0 Å². The molecule has 3 rings (SSSR count). The summed E-state index contributed by atoms with van der Waals surface area (Å²) in [6.45, 7) is 0.444. The highest BCUT2D eigenvalue weighted by molar-refractivity contribution is 5.83. The van der Waals surface area contributed by atoms with Crippen molar-refractivity contribution in [1.29, 1.82) is 0 Å². The average molecular weight is 347 g/mol. The molecule has 1 aromatic heterocycles. The lowest BCUT2D eigenvalue weighted by Crippen LogP contribution is -2.44. The summed E-state index contributed by atoms with van der Waals surface area (Å²) in [5, 5.41) is 15.5. The van der Waals surface area contributed by atoms with Crippen LogP contribution in [0, 0.1) is 11.7 Å². The van der Waals surface area contributed by atoms with E-state index in [4.69, 9.17) is 5.11 Å². The summed E-state index contributed by atoms with van der Waals surface area (Å²) in [6.07, 6.45) is 5.00. The molecule has 0 spiro atoms. The topological polar surface area (TPSA) is 94.2 Å². The first kappa shape index (κ1) is 17.3. The SMILES string of the molecule is O=C(NCCc1c[nH]c2ccc(F)cc12)NC1CCC(C(=O)O)CC1. The van der Waals surface area contributed by atoms with Crippen molar-refractivity contribution in [2.45, 2.75) is 38.1 Å². The minimum absolute atomic E-state index is 0.0257. The summed E-state index contributed by atoms with van der Waals surface area (Å²) in [5.74, 6) is -1.32. The van der Waals surface area contributed by atoms with Crippen molar-refractivity contribution < 1.29 is 19.1 Å². The highest BCUT2D eigenvalue weighted by Gasteiger charge is 2.26. The van der Waals surface area contributed by atoms with E-state index in [0.717, 1.165) is 16.5 Å². The Labute approximate surface area is 144 Å². The van der Waals surface area contributed by atoms with E-state index in [1.54, 1.807) is 6.07 Å². The fourth-order valence-electron chi connectivity index (χ4n) is 3.39. The van der Waals surface area contributed by atoms with Gasteiger partial charge in [-0.05, 0) is 55.9 Å². The highest BCUT2D eigenvalue weighted by atomic mass is 19.1. The van der Waals surface area contributed by atoms with Gasteiger partial charge in [0.1, 0.15) is 5.82 Å². The van der Waals surface area contributed by atoms with Gasteiger partial charge >= 0.3 is 12.0 Å². The zero-order chi connectivity index (χ0) is 17.8. The number of nitrogens with one attached hydrogen (secondary N) is 3. The molecule has 25 heavy (non-hydrogen) atoms. The van der Waals surface area contributed by atoms with E-state index < -0.39 is 5.97 Å². The van der Waals surface area contributed by atoms with Gasteiger partial charge in [-0.2, -0.15) is 0 Å². The number of halogens is 1. The quantitative estimate of drug-likeness (QED) is 0.670. The number of amides is 2. The third kappa shape index (κ3) is 4.29. The summed E-state index contributed by atoms with van der Waals surface area (Å²) >= 11 is 0. The molecule has 2 amide bonds. The predicted molar refractivity (Wildman–Crippen MR) is 91.9 cm³/mol. The second-order valence-electron chi connectivity index (χ2n) is 6.54. The lowest BCUT2D eigenvalue weighted by molar-refractivity contribution is -0.142. The van der Waals surface area contributed by atoms with E-state index in [0.29, 0.717) is 38.6 Å². The van der Waals surface area contributed by atoms with E-state index in [1.807, 2.05) is 6.20 Å². The summed E-state index contributed by atoms with van der Waals surface area (Å²) < 4.78 is 13.4. The van der Waals surface area contributed by atoms with Crippen molar-refractivity contribution >= 4 is 22.9 Å². The van der Waals surface area contributed by atoms with Crippen LogP contribution in [0.1, 0.15) is 31.2 Å². The van der Waals surface area contributed by atoms with Gasteiger partial charge in [0.05, 0.1) is 5.92 Å². The predicted octanol–water partition coefficient (Wildman–Crippen LogP) is 2.79. The molecule has 7 heteroatoms. The van der Waals surface area contributed by atoms with Crippen LogP contribution in [0.3, 0.4) is 0 Å². The maximum absolute atomic E-state index is 13.4. The number of aromatic amines is 1. The minimum atomic E-state index is -0.752. The molecule has 1 aliphatic carbocycles. The lowest BCUT2D eigenvalue weighted by Gasteiger charge is -2.26. The second-order valence-corrected chi connectivity index (χ2v) is 6.54. The van der Waals surface area contributed by atoms with Gasteiger partial charge in [0.15, 0.2) is 0 Å². The highest BCUT2D eigenvalue weighted by Crippen LogP contribution is 2.24. The van der Waals surface area contributed by atoms with Gasteiger partial charge in [-0.3, -0.25) is 4.79 Å². The molecule has 2 aromatic rings. The van der Waals surface area contributed by atoms with Gasteiger partial charge in [-0.15, -0.1) is 0 Å². The Morgan fingerprint density at radius 1 is 1.24 bits per heavy atom. The maximum Gasteiger partial charge on any atom is 0.315 e. The maximum atomic E-state index is 13.4. The van der Waals surface area contributed by atoms with E-state index in [2.05, 4.69) is 15.6 Å². The molecule has 0 aliphatic heterocycles. The molecule has 4 N–H and O–H groups in total. The van der Waals surface area contributed by atoms with Crippen LogP contribution in [0.25, 0.3) is 10.9 Å². The zero-order valence-electron chi connectivity index (χ0n) is 13.8. The van der Waals surface area contributed by atoms with Crippen molar-refractivity contribution in [1.82, 2.24) is 15.6 Å². The van der Waals surface area contributed by atoms with Crippen molar-refractivity contribution in [3.05, 3.63) is 35.8 Å². The molecular weight excluding hydrogens is 325 g/mol. The van der Waals surface area contributed by atoms with Crippen LogP contribution in [0.4, 0.5) is 9.18 Å². The second kappa shape index (κ2) is 7.55. The number of hydrogen-bond acceptors (Lipinski definition) is 2. The summed E-state index contributed by atoms with van der Waals surface area (Å²) in [6, 6.07) is 4.37. The van der Waals surface area contributed by atoms with Crippen LogP contribution >= 0.6 is 0 Å². The lowest BCUT2D eigenvalue weighted by atomic mass is 9.86. The normalized spacial score (nSPS) is 20.4. The average Bonchev–Trinajstić information content (AvgIpc) is 2.97. The van der Waals surface area contributed by atoms with Gasteiger partial charge in [-0.1, -0.05) is 0 Å². The summed E-state index contributed by atoms with van der Waals surface area (Å²) in [7, 11) is 0. The fourth-order valence-corrected chi connectivity index (χ4v) is 3.39. The van der Waals surface area contributed by atoms with Crippen molar-refractivity contribution in [2.75, 3.05) is 6.54 Å². The number of hydrogen-bond donors (Lipinski definition) is 4. The van der Waals surface area contributed by atoms with E-state index >= 15 is 0 Å². The van der Waals surface area contributed by atoms with Gasteiger partial charge in [0.25, 0.3) is 0 Å². The number of urea groups is 1. The number of rotatable bonds is 5. The van der Waals surface area contributed by atoms with Crippen molar-refractivity contribution in [2.24, 2.45) is 5.92 Å². The van der Waals surface area contributed by atoms with Crippen LogP contribution in [0.5, 0.6) is 0 Å². The molecule has 1 fully saturated rings. The Bertz CT molecular complexity index is 766. The fraction of sp³-hybridized carbons (Fsp3) is 0.444. The molecule has 0 atom stereocenters. The minimum Gasteiger partial charge on any atom is -0.481 e. The zero-order valence-corrected chi connectivity index (χ0v) is 13.8. The molecule has 0 saturated heterocycles. The van der Waals surface area contributed by atoms with Gasteiger partial charge in [0, 0.05) is 29.7 Å². The number of carboxylic acids is 1. The number of benzene rings is 1. The van der Waals surface area contributed by atoms with Crippen LogP contribution in [-0.4, -0.2) is 34.7 Å². The van der Waals surface area contributed by atoms with Crippen molar-refractivity contribution in [3.63, 3.8) is 0 Å². The number of aromatic nitrogens is 1. The molecule has 6 nitrogen and oxygen atoms in total. The number of fused-ring (bicyclic) bond motifs is 1. The first-order valence-corrected chi connectivity index (χ1v) is 8.55. The first-order valence-electron chi connectivity index (χ1n) is 8.55. The van der Waals surface area contributed by atoms with E-state index in [1.165, 1.54) is 12.1 Å². The summed E-state index contributed by atoms with van der Waals surface area (Å²) in [4.78, 5) is 26.0. The Kier molecular flexibility index (Phi) is 5.21. The molecule has 1 aromatic carbocycles. The number of carbonyl (C=O) groups excluding carboxylic acids is 1. The monoisotopic (exact) mass is 347 g/mol. The van der Waals surface area contributed by atoms with Gasteiger partial charge in [-0.25, -0.2) is 9.18 Å². The first-order chi connectivity index (χ1) is 12.0. The van der Waals surface area contributed by atoms with Crippen molar-refractivity contribution in [3.8, 4) is 0 Å². The standard InChI is InChI=1S/C18H22FN3O3/c19-13-3-6-16-15(9-13)12(10-21-16)7-8-20-18(25)22-14-4-1-11(2-5-14)17(23)24/h3,6,9-11,14,21H,1-2,4-5,7-8H2,(H,23,24)(H2,20,22,25). The molecular formula is C18H22FN3O3. The van der Waals surface area contributed by atoms with Crippen LogP contribution in [-0.2, 0) is 11.2 Å². The number of carbonyl (C=O) groups is 2. The third-order valence-corrected chi connectivity index (χ3v) is 4.82. The molecule has 134 valence electrons. The third-order valence-electron chi connectivity index (χ3n) is 4.82. The Hall–Kier alpha value is -2.57. The Morgan fingerprint density at radius 2 is 2.00 bits per heavy atom. The number of aliphatic carboxylic acids is 1. The van der Waals surface area contributed by atoms with Gasteiger partial charge in [0.2, 0.25) is 0 Å². The van der Waals surface area contributed by atoms with Crippen LogP contribution < -0.4 is 10.6 Å². The number of H-pyrrole nitrogens is 1. The molecule has 0 radical (unpaired) electrons. The van der Waals surface area contributed by atoms with E-state index in [-0.39, 0.29) is 23.8 Å². The van der Waals surface area contributed by atoms with Gasteiger partial charge < -0.3 is 20.7 Å². The largest absolute Gasteiger partial charge is 0.481 e. The molecule has 1 aliphatic rings. The molecule has 1 saturated carbocycles. The Morgan fingerprint density at radius 3 is 2.72 bits per heavy atom. The smallest absolute Gasteiger partial charge is 0.315 e. The Balaban J connectivity index is 1.43. The summed E-state index contributed by atoms with van der Waals surface area (Å²) in [5.41, 5.74) is 1.83.